The van der Waals surface area contributed by atoms with E-state index < -0.39 is 11.9 Å². The topological polar surface area (TPSA) is 20.2 Å². The van der Waals surface area contributed by atoms with Crippen LogP contribution >= 0.6 is 11.6 Å². The lowest BCUT2D eigenvalue weighted by Gasteiger charge is -2.11. The molecule has 14 heavy (non-hydrogen) atoms. The fraction of sp³-hybridized carbons (Fsp3) is 0.455. The first kappa shape index (κ1) is 11.5. The first-order valence-electron chi connectivity index (χ1n) is 4.78. The molecule has 1 atom stereocenters. The number of hydrogen-bond donors (Lipinski definition) is 1. The summed E-state index contributed by atoms with van der Waals surface area (Å²) >= 11 is 5.72. The number of benzene rings is 1. The Kier molecular flexibility index (Phi) is 4.36. The average molecular weight is 217 g/mol. The first-order valence-corrected chi connectivity index (χ1v) is 5.16. The zero-order chi connectivity index (χ0) is 10.6. The van der Waals surface area contributed by atoms with E-state index in [1.165, 1.54) is 18.2 Å². The lowest BCUT2D eigenvalue weighted by molar-refractivity contribution is 0.159. The number of unbranched alkanes of at least 4 members (excludes halogenated alkanes) is 1. The lowest BCUT2D eigenvalue weighted by Crippen LogP contribution is -2.00. The maximum Gasteiger partial charge on any atom is 0.129 e. The standard InChI is InChI=1S/C11H14ClFO/c1-2-3-4-11(14)9-7-8(12)5-6-10(9)13/h5-7,11,14H,2-4H2,1H3. The Morgan fingerprint density at radius 1 is 1.50 bits per heavy atom. The number of halogens is 2. The van der Waals surface area contributed by atoms with Gasteiger partial charge in [0.25, 0.3) is 0 Å². The quantitative estimate of drug-likeness (QED) is 0.814. The van der Waals surface area contributed by atoms with Gasteiger partial charge in [0.15, 0.2) is 0 Å². The van der Waals surface area contributed by atoms with E-state index in [0.717, 1.165) is 12.8 Å². The molecule has 0 saturated carbocycles. The van der Waals surface area contributed by atoms with Crippen molar-refractivity contribution in [3.05, 3.63) is 34.6 Å². The van der Waals surface area contributed by atoms with Crippen LogP contribution in [-0.2, 0) is 0 Å². The Morgan fingerprint density at radius 3 is 2.86 bits per heavy atom. The molecule has 0 radical (unpaired) electrons. The van der Waals surface area contributed by atoms with Gasteiger partial charge in [-0.2, -0.15) is 0 Å². The van der Waals surface area contributed by atoms with E-state index in [0.29, 0.717) is 17.0 Å². The van der Waals surface area contributed by atoms with Gasteiger partial charge in [0.05, 0.1) is 6.10 Å². The molecule has 1 nitrogen and oxygen atoms in total. The third kappa shape index (κ3) is 2.96. The third-order valence-electron chi connectivity index (χ3n) is 2.15. The summed E-state index contributed by atoms with van der Waals surface area (Å²) in [6.45, 7) is 2.03. The van der Waals surface area contributed by atoms with E-state index >= 15 is 0 Å². The fourth-order valence-corrected chi connectivity index (χ4v) is 1.50. The highest BCUT2D eigenvalue weighted by Crippen LogP contribution is 2.24. The predicted octanol–water partition coefficient (Wildman–Crippen LogP) is 3.70. The van der Waals surface area contributed by atoms with Crippen LogP contribution in [-0.4, -0.2) is 5.11 Å². The molecule has 1 aromatic rings. The van der Waals surface area contributed by atoms with Crippen molar-refractivity contribution in [2.75, 3.05) is 0 Å². The molecule has 78 valence electrons. The predicted molar refractivity (Wildman–Crippen MR) is 55.9 cm³/mol. The smallest absolute Gasteiger partial charge is 0.129 e. The minimum atomic E-state index is -0.742. The Hall–Kier alpha value is -0.600. The highest BCUT2D eigenvalue weighted by atomic mass is 35.5. The normalized spacial score (nSPS) is 12.9. The Morgan fingerprint density at radius 2 is 2.21 bits per heavy atom. The number of aliphatic hydroxyl groups is 1. The van der Waals surface area contributed by atoms with Gasteiger partial charge in [-0.25, -0.2) is 4.39 Å². The largest absolute Gasteiger partial charge is 0.388 e. The molecular weight excluding hydrogens is 203 g/mol. The van der Waals surface area contributed by atoms with E-state index in [4.69, 9.17) is 11.6 Å². The van der Waals surface area contributed by atoms with Gasteiger partial charge in [0, 0.05) is 10.6 Å². The summed E-state index contributed by atoms with van der Waals surface area (Å²) in [4.78, 5) is 0. The van der Waals surface area contributed by atoms with Gasteiger partial charge in [0.2, 0.25) is 0 Å². The van der Waals surface area contributed by atoms with E-state index in [2.05, 4.69) is 0 Å². The zero-order valence-electron chi connectivity index (χ0n) is 8.13. The van der Waals surface area contributed by atoms with E-state index in [1.54, 1.807) is 0 Å². The maximum atomic E-state index is 13.2. The fourth-order valence-electron chi connectivity index (χ4n) is 1.32. The maximum absolute atomic E-state index is 13.2. The van der Waals surface area contributed by atoms with Crippen LogP contribution in [0.1, 0.15) is 37.9 Å². The van der Waals surface area contributed by atoms with Gasteiger partial charge >= 0.3 is 0 Å². The summed E-state index contributed by atoms with van der Waals surface area (Å²) in [5.74, 6) is -0.391. The summed E-state index contributed by atoms with van der Waals surface area (Å²) in [6, 6.07) is 4.25. The van der Waals surface area contributed by atoms with Gasteiger partial charge < -0.3 is 5.11 Å². The van der Waals surface area contributed by atoms with Gasteiger partial charge in [-0.3, -0.25) is 0 Å². The molecule has 0 aliphatic rings. The van der Waals surface area contributed by atoms with Crippen molar-refractivity contribution in [3.63, 3.8) is 0 Å². The number of rotatable bonds is 4. The molecule has 0 spiro atoms. The molecule has 0 heterocycles. The SMILES string of the molecule is CCCCC(O)c1cc(Cl)ccc1F. The summed E-state index contributed by atoms with van der Waals surface area (Å²) < 4.78 is 13.2. The summed E-state index contributed by atoms with van der Waals surface area (Å²) in [5, 5.41) is 10.1. The molecule has 1 rings (SSSR count). The van der Waals surface area contributed by atoms with Crippen LogP contribution in [0.3, 0.4) is 0 Å². The summed E-state index contributed by atoms with van der Waals surface area (Å²) in [5.41, 5.74) is 0.297. The van der Waals surface area contributed by atoms with Crippen LogP contribution in [0.4, 0.5) is 4.39 Å². The minimum absolute atomic E-state index is 0.297. The molecule has 0 saturated heterocycles. The van der Waals surface area contributed by atoms with Crippen molar-refractivity contribution in [1.29, 1.82) is 0 Å². The molecule has 0 aromatic heterocycles. The van der Waals surface area contributed by atoms with Crippen molar-refractivity contribution in [2.45, 2.75) is 32.3 Å². The minimum Gasteiger partial charge on any atom is -0.388 e. The summed E-state index contributed by atoms with van der Waals surface area (Å²) in [6.07, 6.45) is 1.70. The van der Waals surface area contributed by atoms with Crippen LogP contribution in [0.2, 0.25) is 5.02 Å². The second kappa shape index (κ2) is 5.32. The Balaban J connectivity index is 2.77. The van der Waals surface area contributed by atoms with Crippen molar-refractivity contribution < 1.29 is 9.50 Å². The molecule has 0 aliphatic carbocycles. The molecule has 0 bridgehead atoms. The highest BCUT2D eigenvalue weighted by Gasteiger charge is 2.12. The van der Waals surface area contributed by atoms with E-state index in [1.807, 2.05) is 6.92 Å². The highest BCUT2D eigenvalue weighted by molar-refractivity contribution is 6.30. The number of aliphatic hydroxyl groups excluding tert-OH is 1. The monoisotopic (exact) mass is 216 g/mol. The Bertz CT molecular complexity index is 301. The third-order valence-corrected chi connectivity index (χ3v) is 2.38. The van der Waals surface area contributed by atoms with Crippen LogP contribution in [0.25, 0.3) is 0 Å². The summed E-state index contributed by atoms with van der Waals surface area (Å²) in [7, 11) is 0. The van der Waals surface area contributed by atoms with Crippen LogP contribution < -0.4 is 0 Å². The van der Waals surface area contributed by atoms with Crippen LogP contribution in [0, 0.1) is 5.82 Å². The van der Waals surface area contributed by atoms with Crippen LogP contribution in [0.15, 0.2) is 18.2 Å². The van der Waals surface area contributed by atoms with E-state index in [9.17, 15) is 9.50 Å². The van der Waals surface area contributed by atoms with Crippen molar-refractivity contribution in [3.8, 4) is 0 Å². The zero-order valence-corrected chi connectivity index (χ0v) is 8.89. The molecular formula is C11H14ClFO. The van der Waals surface area contributed by atoms with Crippen LogP contribution in [0.5, 0.6) is 0 Å². The molecule has 1 aromatic carbocycles. The second-order valence-electron chi connectivity index (χ2n) is 3.32. The van der Waals surface area contributed by atoms with Crippen molar-refractivity contribution in [1.82, 2.24) is 0 Å². The first-order chi connectivity index (χ1) is 6.65. The molecule has 0 fully saturated rings. The molecule has 0 aliphatic heterocycles. The molecule has 3 heteroatoms. The van der Waals surface area contributed by atoms with E-state index in [-0.39, 0.29) is 0 Å². The van der Waals surface area contributed by atoms with Gasteiger partial charge in [-0.15, -0.1) is 0 Å². The van der Waals surface area contributed by atoms with Gasteiger partial charge in [-0.05, 0) is 24.6 Å². The van der Waals surface area contributed by atoms with Gasteiger partial charge in [-0.1, -0.05) is 31.4 Å². The number of hydrogen-bond acceptors (Lipinski definition) is 1. The molecule has 1 N–H and O–H groups in total. The van der Waals surface area contributed by atoms with Crippen molar-refractivity contribution in [2.24, 2.45) is 0 Å². The van der Waals surface area contributed by atoms with Crippen molar-refractivity contribution >= 4 is 11.6 Å². The lowest BCUT2D eigenvalue weighted by atomic mass is 10.0. The average Bonchev–Trinajstić information content (AvgIpc) is 2.18. The van der Waals surface area contributed by atoms with Gasteiger partial charge in [0.1, 0.15) is 5.82 Å². The Labute approximate surface area is 88.5 Å². The molecule has 1 unspecified atom stereocenters. The second-order valence-corrected chi connectivity index (χ2v) is 3.76. The molecule has 0 amide bonds.